The number of terminal acetylenes is 1. The van der Waals surface area contributed by atoms with E-state index in [9.17, 15) is 9.59 Å². The molecule has 0 rings (SSSR count). The molecule has 0 aromatic carbocycles. The van der Waals surface area contributed by atoms with Crippen LogP contribution in [0.2, 0.25) is 0 Å². The summed E-state index contributed by atoms with van der Waals surface area (Å²) in [5, 5.41) is 13.7. The van der Waals surface area contributed by atoms with E-state index >= 15 is 0 Å². The normalized spacial score (nSPS) is 11.3. The molecule has 3 N–H and O–H groups in total. The van der Waals surface area contributed by atoms with Crippen LogP contribution in [-0.4, -0.2) is 43.4 Å². The average molecular weight is 242 g/mol. The first-order chi connectivity index (χ1) is 8.10. The van der Waals surface area contributed by atoms with Gasteiger partial charge in [0.2, 0.25) is 0 Å². The molecule has 0 heterocycles. The SMILES string of the molecule is C#CCCCNC(=O)NCC(CC(=O)O)OC. The smallest absolute Gasteiger partial charge is 0.314 e. The number of carbonyl (C=O) groups is 2. The van der Waals surface area contributed by atoms with Crippen LogP contribution in [0.3, 0.4) is 0 Å². The molecule has 96 valence electrons. The fourth-order valence-electron chi connectivity index (χ4n) is 1.10. The van der Waals surface area contributed by atoms with Gasteiger partial charge in [0.25, 0.3) is 0 Å². The number of nitrogens with one attached hydrogen (secondary N) is 2. The molecule has 0 fully saturated rings. The number of hydrogen-bond acceptors (Lipinski definition) is 3. The molecule has 0 bridgehead atoms. The van der Waals surface area contributed by atoms with Crippen molar-refractivity contribution in [2.75, 3.05) is 20.2 Å². The monoisotopic (exact) mass is 242 g/mol. The molecule has 0 aliphatic rings. The fraction of sp³-hybridized carbons (Fsp3) is 0.636. The number of carboxylic acid groups (broad SMARTS) is 1. The largest absolute Gasteiger partial charge is 0.481 e. The van der Waals surface area contributed by atoms with Crippen LogP contribution in [0.1, 0.15) is 19.3 Å². The Balaban J connectivity index is 3.66. The highest BCUT2D eigenvalue weighted by molar-refractivity contribution is 5.74. The van der Waals surface area contributed by atoms with Gasteiger partial charge >= 0.3 is 12.0 Å². The molecule has 6 heteroatoms. The number of rotatable bonds is 8. The third-order valence-corrected chi connectivity index (χ3v) is 2.01. The van der Waals surface area contributed by atoms with E-state index in [0.29, 0.717) is 19.4 Å². The number of ether oxygens (including phenoxy) is 1. The van der Waals surface area contributed by atoms with Gasteiger partial charge in [-0.1, -0.05) is 0 Å². The van der Waals surface area contributed by atoms with Crippen molar-refractivity contribution in [3.8, 4) is 12.3 Å². The molecular formula is C11H18N2O4. The molecule has 0 spiro atoms. The zero-order valence-electron chi connectivity index (χ0n) is 9.86. The molecule has 1 unspecified atom stereocenters. The highest BCUT2D eigenvalue weighted by atomic mass is 16.5. The maximum Gasteiger partial charge on any atom is 0.314 e. The lowest BCUT2D eigenvalue weighted by atomic mass is 10.2. The number of carbonyl (C=O) groups excluding carboxylic acids is 1. The molecule has 0 aromatic rings. The Hall–Kier alpha value is -1.74. The molecule has 2 amide bonds. The summed E-state index contributed by atoms with van der Waals surface area (Å²) in [6, 6.07) is -0.352. The second kappa shape index (κ2) is 9.48. The number of aliphatic carboxylic acids is 1. The molecular weight excluding hydrogens is 224 g/mol. The van der Waals surface area contributed by atoms with E-state index in [4.69, 9.17) is 16.3 Å². The maximum atomic E-state index is 11.2. The molecule has 0 aliphatic carbocycles. The molecule has 0 saturated carbocycles. The van der Waals surface area contributed by atoms with Crippen molar-refractivity contribution in [2.45, 2.75) is 25.4 Å². The summed E-state index contributed by atoms with van der Waals surface area (Å²) in [4.78, 5) is 21.7. The lowest BCUT2D eigenvalue weighted by Crippen LogP contribution is -2.41. The van der Waals surface area contributed by atoms with Crippen LogP contribution in [0.4, 0.5) is 4.79 Å². The standard InChI is InChI=1S/C11H18N2O4/c1-3-4-5-6-12-11(16)13-8-9(17-2)7-10(14)15/h1,9H,4-8H2,2H3,(H,14,15)(H2,12,13,16). The van der Waals surface area contributed by atoms with Crippen LogP contribution in [0, 0.1) is 12.3 Å². The van der Waals surface area contributed by atoms with Gasteiger partial charge in [-0.25, -0.2) is 4.79 Å². The fourth-order valence-corrected chi connectivity index (χ4v) is 1.10. The lowest BCUT2D eigenvalue weighted by molar-refractivity contribution is -0.139. The van der Waals surface area contributed by atoms with Crippen molar-refractivity contribution in [2.24, 2.45) is 0 Å². The molecule has 0 saturated heterocycles. The van der Waals surface area contributed by atoms with E-state index in [0.717, 1.165) is 0 Å². The van der Waals surface area contributed by atoms with Crippen molar-refractivity contribution in [3.63, 3.8) is 0 Å². The Morgan fingerprint density at radius 3 is 2.71 bits per heavy atom. The second-order valence-corrected chi connectivity index (χ2v) is 3.40. The highest BCUT2D eigenvalue weighted by Crippen LogP contribution is 1.95. The Morgan fingerprint density at radius 1 is 1.47 bits per heavy atom. The molecule has 0 aromatic heterocycles. The summed E-state index contributed by atoms with van der Waals surface area (Å²) in [5.74, 6) is 1.50. The van der Waals surface area contributed by atoms with E-state index in [2.05, 4.69) is 16.6 Å². The summed E-state index contributed by atoms with van der Waals surface area (Å²) >= 11 is 0. The van der Waals surface area contributed by atoms with Gasteiger partial charge in [-0.15, -0.1) is 12.3 Å². The molecule has 1 atom stereocenters. The van der Waals surface area contributed by atoms with Gasteiger partial charge in [-0.05, 0) is 6.42 Å². The van der Waals surface area contributed by atoms with E-state index in [1.807, 2.05) is 0 Å². The van der Waals surface area contributed by atoms with Gasteiger partial charge in [0, 0.05) is 26.6 Å². The zero-order chi connectivity index (χ0) is 13.1. The van der Waals surface area contributed by atoms with E-state index in [1.165, 1.54) is 7.11 Å². The third-order valence-electron chi connectivity index (χ3n) is 2.01. The predicted octanol–water partition coefficient (Wildman–Crippen LogP) is 0.189. The Kier molecular flexibility index (Phi) is 8.51. The first kappa shape index (κ1) is 15.3. The van der Waals surface area contributed by atoms with Crippen LogP contribution in [-0.2, 0) is 9.53 Å². The summed E-state index contributed by atoms with van der Waals surface area (Å²) in [5.41, 5.74) is 0. The van der Waals surface area contributed by atoms with Gasteiger partial charge < -0.3 is 20.5 Å². The summed E-state index contributed by atoms with van der Waals surface area (Å²) in [6.07, 6.45) is 5.71. The number of amides is 2. The summed E-state index contributed by atoms with van der Waals surface area (Å²) in [6.45, 7) is 0.649. The first-order valence-electron chi connectivity index (χ1n) is 5.30. The van der Waals surface area contributed by atoms with Crippen molar-refractivity contribution in [1.29, 1.82) is 0 Å². The Labute approximate surface area is 101 Å². The zero-order valence-corrected chi connectivity index (χ0v) is 9.86. The summed E-state index contributed by atoms with van der Waals surface area (Å²) in [7, 11) is 1.40. The van der Waals surface area contributed by atoms with Crippen LogP contribution >= 0.6 is 0 Å². The van der Waals surface area contributed by atoms with Crippen molar-refractivity contribution in [3.05, 3.63) is 0 Å². The van der Waals surface area contributed by atoms with Crippen LogP contribution in [0.25, 0.3) is 0 Å². The maximum absolute atomic E-state index is 11.2. The van der Waals surface area contributed by atoms with Gasteiger partial charge in [-0.3, -0.25) is 4.79 Å². The number of urea groups is 1. The van der Waals surface area contributed by atoms with Crippen LogP contribution < -0.4 is 10.6 Å². The third kappa shape index (κ3) is 9.20. The molecule has 0 radical (unpaired) electrons. The van der Waals surface area contributed by atoms with Gasteiger partial charge in [-0.2, -0.15) is 0 Å². The van der Waals surface area contributed by atoms with Gasteiger partial charge in [0.15, 0.2) is 0 Å². The number of unbranched alkanes of at least 4 members (excludes halogenated alkanes) is 1. The summed E-state index contributed by atoms with van der Waals surface area (Å²) < 4.78 is 4.90. The molecule has 6 nitrogen and oxygen atoms in total. The minimum Gasteiger partial charge on any atom is -0.481 e. The lowest BCUT2D eigenvalue weighted by Gasteiger charge is -2.14. The second-order valence-electron chi connectivity index (χ2n) is 3.40. The highest BCUT2D eigenvalue weighted by Gasteiger charge is 2.12. The first-order valence-corrected chi connectivity index (χ1v) is 5.30. The number of hydrogen-bond donors (Lipinski definition) is 3. The Morgan fingerprint density at radius 2 is 2.18 bits per heavy atom. The van der Waals surface area contributed by atoms with Crippen LogP contribution in [0.5, 0.6) is 0 Å². The van der Waals surface area contributed by atoms with Crippen molar-refractivity contribution < 1.29 is 19.4 Å². The average Bonchev–Trinajstić information content (AvgIpc) is 2.29. The molecule has 17 heavy (non-hydrogen) atoms. The topological polar surface area (TPSA) is 87.7 Å². The Bertz CT molecular complexity index is 286. The van der Waals surface area contributed by atoms with E-state index in [-0.39, 0.29) is 19.0 Å². The minimum atomic E-state index is -0.965. The van der Waals surface area contributed by atoms with E-state index in [1.54, 1.807) is 0 Å². The quantitative estimate of drug-likeness (QED) is 0.419. The van der Waals surface area contributed by atoms with Gasteiger partial charge in [0.1, 0.15) is 0 Å². The van der Waals surface area contributed by atoms with E-state index < -0.39 is 12.1 Å². The van der Waals surface area contributed by atoms with Crippen molar-refractivity contribution >= 4 is 12.0 Å². The minimum absolute atomic E-state index is 0.145. The number of methoxy groups -OCH3 is 1. The predicted molar refractivity (Wildman–Crippen MR) is 62.5 cm³/mol. The van der Waals surface area contributed by atoms with Crippen molar-refractivity contribution in [1.82, 2.24) is 10.6 Å². The van der Waals surface area contributed by atoms with Gasteiger partial charge in [0.05, 0.1) is 12.5 Å². The van der Waals surface area contributed by atoms with Crippen LogP contribution in [0.15, 0.2) is 0 Å². The molecule has 0 aliphatic heterocycles. The number of carboxylic acids is 1.